The van der Waals surface area contributed by atoms with Crippen molar-refractivity contribution in [1.82, 2.24) is 15.1 Å². The summed E-state index contributed by atoms with van der Waals surface area (Å²) in [6, 6.07) is 9.07. The Balaban J connectivity index is 1.63. The highest BCUT2D eigenvalue weighted by Crippen LogP contribution is 2.27. The first kappa shape index (κ1) is 18.3. The summed E-state index contributed by atoms with van der Waals surface area (Å²) >= 11 is 0. The van der Waals surface area contributed by atoms with E-state index in [0.29, 0.717) is 42.4 Å². The van der Waals surface area contributed by atoms with Gasteiger partial charge in [-0.25, -0.2) is 0 Å². The van der Waals surface area contributed by atoms with Crippen LogP contribution in [0.4, 0.5) is 0 Å². The van der Waals surface area contributed by atoms with Gasteiger partial charge in [0.2, 0.25) is 0 Å². The molecule has 0 aliphatic carbocycles. The minimum atomic E-state index is -0.792. The number of amides is 1. The number of H-pyrrole nitrogens is 1. The fourth-order valence-electron chi connectivity index (χ4n) is 3.17. The fraction of sp³-hybridized carbons (Fsp3) is 0.474. The third-order valence-corrected chi connectivity index (χ3v) is 4.80. The van der Waals surface area contributed by atoms with E-state index in [1.807, 2.05) is 31.2 Å². The van der Waals surface area contributed by atoms with Gasteiger partial charge in [-0.2, -0.15) is 5.10 Å². The third kappa shape index (κ3) is 3.99. The second kappa shape index (κ2) is 7.78. The molecule has 0 radical (unpaired) electrons. The molecule has 2 aromatic rings. The van der Waals surface area contributed by atoms with Gasteiger partial charge in [-0.05, 0) is 37.5 Å². The molecule has 1 aliphatic heterocycles. The molecule has 2 N–H and O–H groups in total. The van der Waals surface area contributed by atoms with E-state index in [-0.39, 0.29) is 12.5 Å². The largest absolute Gasteiger partial charge is 0.493 e. The number of benzene rings is 1. The monoisotopic (exact) mass is 359 g/mol. The molecule has 3 rings (SSSR count). The Morgan fingerprint density at radius 3 is 2.88 bits per heavy atom. The topological polar surface area (TPSA) is 87.7 Å². The minimum absolute atomic E-state index is 0.170. The third-order valence-electron chi connectivity index (χ3n) is 4.80. The summed E-state index contributed by atoms with van der Waals surface area (Å²) in [6.45, 7) is 3.18. The van der Waals surface area contributed by atoms with Crippen LogP contribution in [0, 0.1) is 0 Å². The Labute approximate surface area is 152 Å². The van der Waals surface area contributed by atoms with E-state index in [1.54, 1.807) is 18.1 Å². The Morgan fingerprint density at radius 2 is 2.15 bits per heavy atom. The van der Waals surface area contributed by atoms with Crippen LogP contribution in [0.25, 0.3) is 0 Å². The van der Waals surface area contributed by atoms with E-state index in [4.69, 9.17) is 9.47 Å². The molecule has 0 bridgehead atoms. The molecule has 1 saturated heterocycles. The number of para-hydroxylation sites is 2. The van der Waals surface area contributed by atoms with Crippen LogP contribution >= 0.6 is 0 Å². The number of carbonyl (C=O) groups excluding carboxylic acids is 1. The van der Waals surface area contributed by atoms with Crippen molar-refractivity contribution in [3.05, 3.63) is 41.7 Å². The maximum atomic E-state index is 12.7. The number of carbonyl (C=O) groups is 1. The van der Waals surface area contributed by atoms with Crippen LogP contribution in [0.15, 0.2) is 30.3 Å². The zero-order chi connectivity index (χ0) is 18.6. The molecule has 140 valence electrons. The van der Waals surface area contributed by atoms with Gasteiger partial charge in [-0.15, -0.1) is 0 Å². The molecule has 1 atom stereocenters. The van der Waals surface area contributed by atoms with Gasteiger partial charge in [0, 0.05) is 13.1 Å². The Kier molecular flexibility index (Phi) is 5.46. The van der Waals surface area contributed by atoms with Gasteiger partial charge in [0.05, 0.1) is 18.4 Å². The summed E-state index contributed by atoms with van der Waals surface area (Å²) in [7, 11) is 1.59. The number of nitrogens with one attached hydrogen (secondary N) is 1. The molecular weight excluding hydrogens is 334 g/mol. The van der Waals surface area contributed by atoms with Gasteiger partial charge in [0.25, 0.3) is 5.91 Å². The van der Waals surface area contributed by atoms with Gasteiger partial charge in [0.15, 0.2) is 17.2 Å². The summed E-state index contributed by atoms with van der Waals surface area (Å²) in [5.41, 5.74) is 0.242. The zero-order valence-corrected chi connectivity index (χ0v) is 15.2. The van der Waals surface area contributed by atoms with Crippen molar-refractivity contribution in [3.8, 4) is 11.5 Å². The summed E-state index contributed by atoms with van der Waals surface area (Å²) in [6.07, 6.45) is 2.16. The SMILES string of the molecule is CC[C@@]1(O)CCCN(C(=O)c2cc(COc3ccccc3OC)[nH]n2)C1. The predicted octanol–water partition coefficient (Wildman–Crippen LogP) is 2.37. The number of methoxy groups -OCH3 is 1. The van der Waals surface area contributed by atoms with Crippen molar-refractivity contribution in [2.75, 3.05) is 20.2 Å². The van der Waals surface area contributed by atoms with E-state index in [9.17, 15) is 9.90 Å². The van der Waals surface area contributed by atoms with E-state index in [1.165, 1.54) is 0 Å². The van der Waals surface area contributed by atoms with Crippen LogP contribution in [-0.2, 0) is 6.61 Å². The first-order chi connectivity index (χ1) is 12.5. The lowest BCUT2D eigenvalue weighted by molar-refractivity contribution is -0.0271. The Hall–Kier alpha value is -2.54. The van der Waals surface area contributed by atoms with Crippen LogP contribution in [0.3, 0.4) is 0 Å². The predicted molar refractivity (Wildman–Crippen MR) is 96.3 cm³/mol. The molecule has 1 aliphatic rings. The maximum Gasteiger partial charge on any atom is 0.274 e. The number of β-amino-alcohol motifs (C(OH)–C–C–N with tert-alkyl or cyclic N) is 1. The zero-order valence-electron chi connectivity index (χ0n) is 15.2. The smallest absolute Gasteiger partial charge is 0.274 e. The maximum absolute atomic E-state index is 12.7. The summed E-state index contributed by atoms with van der Waals surface area (Å²) < 4.78 is 11.0. The van der Waals surface area contributed by atoms with Crippen molar-refractivity contribution in [2.45, 2.75) is 38.4 Å². The second-order valence-corrected chi connectivity index (χ2v) is 6.63. The van der Waals surface area contributed by atoms with Crippen molar-refractivity contribution < 1.29 is 19.4 Å². The van der Waals surface area contributed by atoms with Crippen LogP contribution in [-0.4, -0.2) is 51.9 Å². The summed E-state index contributed by atoms with van der Waals surface area (Å²) in [5.74, 6) is 1.10. The number of hydrogen-bond donors (Lipinski definition) is 2. The average Bonchev–Trinajstić information content (AvgIpc) is 3.15. The van der Waals surface area contributed by atoms with Crippen molar-refractivity contribution in [1.29, 1.82) is 0 Å². The normalized spacial score (nSPS) is 20.0. The van der Waals surface area contributed by atoms with E-state index >= 15 is 0 Å². The molecule has 7 heteroatoms. The van der Waals surface area contributed by atoms with Crippen molar-refractivity contribution >= 4 is 5.91 Å². The fourth-order valence-corrected chi connectivity index (χ4v) is 3.17. The van der Waals surface area contributed by atoms with Gasteiger partial charge in [0.1, 0.15) is 6.61 Å². The van der Waals surface area contributed by atoms with Crippen LogP contribution < -0.4 is 9.47 Å². The van der Waals surface area contributed by atoms with Gasteiger partial charge >= 0.3 is 0 Å². The molecule has 1 amide bonds. The number of likely N-dealkylation sites (tertiary alicyclic amines) is 1. The van der Waals surface area contributed by atoms with E-state index in [0.717, 1.165) is 12.8 Å². The van der Waals surface area contributed by atoms with E-state index < -0.39 is 5.60 Å². The lowest BCUT2D eigenvalue weighted by Gasteiger charge is -2.38. The Bertz CT molecular complexity index is 761. The van der Waals surface area contributed by atoms with Crippen LogP contribution in [0.2, 0.25) is 0 Å². The first-order valence-corrected chi connectivity index (χ1v) is 8.86. The number of aromatic amines is 1. The van der Waals surface area contributed by atoms with Crippen LogP contribution in [0.1, 0.15) is 42.4 Å². The summed E-state index contributed by atoms with van der Waals surface area (Å²) in [4.78, 5) is 14.3. The average molecular weight is 359 g/mol. The first-order valence-electron chi connectivity index (χ1n) is 8.86. The molecule has 0 saturated carbocycles. The molecule has 2 heterocycles. The van der Waals surface area contributed by atoms with Gasteiger partial charge in [-0.3, -0.25) is 9.89 Å². The van der Waals surface area contributed by atoms with E-state index in [2.05, 4.69) is 10.2 Å². The standard InChI is InChI=1S/C19H25N3O4/c1-3-19(24)9-6-10-22(13-19)18(23)15-11-14(20-21-15)12-26-17-8-5-4-7-16(17)25-2/h4-5,7-8,11,24H,3,6,9-10,12-13H2,1-2H3,(H,20,21)/t19-/m1/s1. The lowest BCUT2D eigenvalue weighted by Crippen LogP contribution is -2.50. The van der Waals surface area contributed by atoms with Crippen molar-refractivity contribution in [3.63, 3.8) is 0 Å². The number of nitrogens with zero attached hydrogens (tertiary/aromatic N) is 2. The molecule has 26 heavy (non-hydrogen) atoms. The molecule has 0 unspecified atom stereocenters. The number of aliphatic hydroxyl groups is 1. The molecule has 0 spiro atoms. The number of hydrogen-bond acceptors (Lipinski definition) is 5. The number of piperidine rings is 1. The summed E-state index contributed by atoms with van der Waals surface area (Å²) in [5, 5.41) is 17.4. The molecule has 1 aromatic carbocycles. The number of ether oxygens (including phenoxy) is 2. The number of aromatic nitrogens is 2. The highest BCUT2D eigenvalue weighted by Gasteiger charge is 2.34. The Morgan fingerprint density at radius 1 is 1.38 bits per heavy atom. The van der Waals surface area contributed by atoms with Gasteiger partial charge in [-0.1, -0.05) is 19.1 Å². The molecular formula is C19H25N3O4. The lowest BCUT2D eigenvalue weighted by atomic mass is 9.90. The molecule has 1 aromatic heterocycles. The molecule has 7 nitrogen and oxygen atoms in total. The second-order valence-electron chi connectivity index (χ2n) is 6.63. The van der Waals surface area contributed by atoms with Crippen LogP contribution in [0.5, 0.6) is 11.5 Å². The highest BCUT2D eigenvalue weighted by atomic mass is 16.5. The quantitative estimate of drug-likeness (QED) is 0.827. The minimum Gasteiger partial charge on any atom is -0.493 e. The number of rotatable bonds is 6. The van der Waals surface area contributed by atoms with Crippen molar-refractivity contribution in [2.24, 2.45) is 0 Å². The highest BCUT2D eigenvalue weighted by molar-refractivity contribution is 5.92. The van der Waals surface area contributed by atoms with Gasteiger partial charge < -0.3 is 19.5 Å². The molecule has 1 fully saturated rings.